The number of carbonyl (C=O) groups is 3. The van der Waals surface area contributed by atoms with Crippen LogP contribution in [-0.2, 0) is 14.3 Å². The minimum Gasteiger partial charge on any atom is -0.481 e. The van der Waals surface area contributed by atoms with Crippen LogP contribution in [0.2, 0.25) is 0 Å². The lowest BCUT2D eigenvalue weighted by molar-refractivity contribution is -0.142. The van der Waals surface area contributed by atoms with Gasteiger partial charge in [-0.1, -0.05) is 39.0 Å². The van der Waals surface area contributed by atoms with Crippen LogP contribution in [0.4, 0.5) is 4.79 Å². The Hall–Kier alpha value is -1.83. The van der Waals surface area contributed by atoms with Crippen molar-refractivity contribution in [3.8, 4) is 0 Å². The summed E-state index contributed by atoms with van der Waals surface area (Å²) in [7, 11) is 0. The molecular weight excluding hydrogens is 362 g/mol. The number of ether oxygens (including phenoxy) is 1. The second-order valence-electron chi connectivity index (χ2n) is 8.02. The molecule has 1 saturated heterocycles. The Labute approximate surface area is 167 Å². The molecule has 8 heteroatoms. The lowest BCUT2D eigenvalue weighted by Gasteiger charge is -2.40. The van der Waals surface area contributed by atoms with E-state index < -0.39 is 23.5 Å². The SMILES string of the molecule is CCCC[C@H](NC(=O)C1(NC(=O)N2CCOCC2)CCCCC1)C(C)C(=O)O. The molecular formula is C20H35N3O5. The molecule has 1 aliphatic heterocycles. The van der Waals surface area contributed by atoms with Gasteiger partial charge in [-0.3, -0.25) is 9.59 Å². The molecule has 8 nitrogen and oxygen atoms in total. The third kappa shape index (κ3) is 5.83. The van der Waals surface area contributed by atoms with Gasteiger partial charge in [-0.15, -0.1) is 0 Å². The minimum atomic E-state index is -0.962. The number of amides is 3. The lowest BCUT2D eigenvalue weighted by Crippen LogP contribution is -2.64. The molecule has 1 aliphatic carbocycles. The molecule has 1 unspecified atom stereocenters. The molecule has 160 valence electrons. The number of nitrogens with one attached hydrogen (secondary N) is 2. The highest BCUT2D eigenvalue weighted by Gasteiger charge is 2.43. The first-order valence-electron chi connectivity index (χ1n) is 10.6. The fraction of sp³-hybridized carbons (Fsp3) is 0.850. The third-order valence-electron chi connectivity index (χ3n) is 5.96. The topological polar surface area (TPSA) is 108 Å². The summed E-state index contributed by atoms with van der Waals surface area (Å²) in [4.78, 5) is 39.2. The largest absolute Gasteiger partial charge is 0.481 e. The highest BCUT2D eigenvalue weighted by Crippen LogP contribution is 2.29. The van der Waals surface area contributed by atoms with Crippen molar-refractivity contribution in [3.05, 3.63) is 0 Å². The average Bonchev–Trinajstić information content (AvgIpc) is 2.71. The van der Waals surface area contributed by atoms with Gasteiger partial charge in [0.25, 0.3) is 0 Å². The van der Waals surface area contributed by atoms with E-state index in [9.17, 15) is 19.5 Å². The summed E-state index contributed by atoms with van der Waals surface area (Å²) in [6.07, 6.45) is 6.31. The minimum absolute atomic E-state index is 0.239. The molecule has 0 spiro atoms. The Balaban J connectivity index is 2.11. The van der Waals surface area contributed by atoms with Gasteiger partial charge in [0, 0.05) is 19.1 Å². The summed E-state index contributed by atoms with van der Waals surface area (Å²) in [5.74, 6) is -1.84. The maximum absolute atomic E-state index is 13.3. The first-order chi connectivity index (χ1) is 13.4. The normalized spacial score (nSPS) is 21.4. The van der Waals surface area contributed by atoms with Gasteiger partial charge in [0.1, 0.15) is 5.54 Å². The van der Waals surface area contributed by atoms with Gasteiger partial charge in [0.2, 0.25) is 5.91 Å². The summed E-state index contributed by atoms with van der Waals surface area (Å²) in [6.45, 7) is 5.69. The van der Waals surface area contributed by atoms with E-state index in [1.165, 1.54) is 0 Å². The number of morpholine rings is 1. The van der Waals surface area contributed by atoms with Crippen LogP contribution in [0.25, 0.3) is 0 Å². The van der Waals surface area contributed by atoms with Crippen LogP contribution in [0.1, 0.15) is 65.2 Å². The van der Waals surface area contributed by atoms with Crippen molar-refractivity contribution >= 4 is 17.9 Å². The number of hydrogen-bond acceptors (Lipinski definition) is 4. The van der Waals surface area contributed by atoms with Gasteiger partial charge >= 0.3 is 12.0 Å². The van der Waals surface area contributed by atoms with E-state index in [0.29, 0.717) is 45.6 Å². The van der Waals surface area contributed by atoms with Gasteiger partial charge in [0.05, 0.1) is 19.1 Å². The Morgan fingerprint density at radius 1 is 1.14 bits per heavy atom. The molecule has 1 heterocycles. The lowest BCUT2D eigenvalue weighted by atomic mass is 9.80. The number of nitrogens with zero attached hydrogens (tertiary/aromatic N) is 1. The Bertz CT molecular complexity index is 542. The van der Waals surface area contributed by atoms with E-state index in [1.54, 1.807) is 11.8 Å². The molecule has 2 atom stereocenters. The van der Waals surface area contributed by atoms with Crippen molar-refractivity contribution in [2.45, 2.75) is 76.8 Å². The molecule has 1 saturated carbocycles. The van der Waals surface area contributed by atoms with Gasteiger partial charge in [-0.25, -0.2) is 4.79 Å². The molecule has 0 radical (unpaired) electrons. The van der Waals surface area contributed by atoms with Crippen LogP contribution in [0.5, 0.6) is 0 Å². The molecule has 0 aromatic heterocycles. The summed E-state index contributed by atoms with van der Waals surface area (Å²) in [5.41, 5.74) is -0.962. The Morgan fingerprint density at radius 3 is 2.36 bits per heavy atom. The third-order valence-corrected chi connectivity index (χ3v) is 5.96. The number of hydrogen-bond donors (Lipinski definition) is 3. The van der Waals surface area contributed by atoms with Crippen LogP contribution in [-0.4, -0.2) is 65.8 Å². The first kappa shape index (κ1) is 22.5. The summed E-state index contributed by atoms with van der Waals surface area (Å²) < 4.78 is 5.29. The van der Waals surface area contributed by atoms with Crippen molar-refractivity contribution in [3.63, 3.8) is 0 Å². The highest BCUT2D eigenvalue weighted by molar-refractivity contribution is 5.91. The molecule has 0 aromatic rings. The van der Waals surface area contributed by atoms with Crippen LogP contribution in [0, 0.1) is 5.92 Å². The zero-order chi connectivity index (χ0) is 20.6. The van der Waals surface area contributed by atoms with Crippen molar-refractivity contribution in [1.82, 2.24) is 15.5 Å². The van der Waals surface area contributed by atoms with Gasteiger partial charge in [-0.05, 0) is 26.2 Å². The molecule has 2 aliphatic rings. The number of aliphatic carboxylic acids is 1. The van der Waals surface area contributed by atoms with Crippen molar-refractivity contribution in [2.24, 2.45) is 5.92 Å². The predicted molar refractivity (Wildman–Crippen MR) is 105 cm³/mol. The molecule has 3 N–H and O–H groups in total. The fourth-order valence-electron chi connectivity index (χ4n) is 3.96. The average molecular weight is 398 g/mol. The quantitative estimate of drug-likeness (QED) is 0.581. The standard InChI is InChI=1S/C20H35N3O5/c1-3-4-8-16(15(2)17(24)25)21-18(26)20(9-6-5-7-10-20)22-19(27)23-11-13-28-14-12-23/h15-16H,3-14H2,1-2H3,(H,21,26)(H,22,27)(H,24,25)/t15?,16-/m0/s1. The van der Waals surface area contributed by atoms with Gasteiger partial charge in [0.15, 0.2) is 0 Å². The smallest absolute Gasteiger partial charge is 0.318 e. The molecule has 2 rings (SSSR count). The van der Waals surface area contributed by atoms with Crippen LogP contribution in [0.3, 0.4) is 0 Å². The van der Waals surface area contributed by atoms with E-state index in [-0.39, 0.29) is 11.9 Å². The molecule has 28 heavy (non-hydrogen) atoms. The summed E-state index contributed by atoms with van der Waals surface area (Å²) >= 11 is 0. The van der Waals surface area contributed by atoms with E-state index >= 15 is 0 Å². The number of carboxylic acid groups (broad SMARTS) is 1. The summed E-state index contributed by atoms with van der Waals surface area (Å²) in [6, 6.07) is -0.680. The van der Waals surface area contributed by atoms with E-state index in [1.807, 2.05) is 6.92 Å². The van der Waals surface area contributed by atoms with Gasteiger partial charge in [-0.2, -0.15) is 0 Å². The molecule has 3 amide bonds. The maximum Gasteiger partial charge on any atom is 0.318 e. The number of carboxylic acids is 1. The Kier molecular flexibility index (Phi) is 8.54. The number of carbonyl (C=O) groups excluding carboxylic acids is 2. The number of urea groups is 1. The monoisotopic (exact) mass is 397 g/mol. The maximum atomic E-state index is 13.3. The zero-order valence-electron chi connectivity index (χ0n) is 17.2. The fourth-order valence-corrected chi connectivity index (χ4v) is 3.96. The first-order valence-corrected chi connectivity index (χ1v) is 10.6. The molecule has 2 fully saturated rings. The number of rotatable bonds is 8. The number of unbranched alkanes of at least 4 members (excludes halogenated alkanes) is 1. The highest BCUT2D eigenvalue weighted by atomic mass is 16.5. The molecule has 0 aromatic carbocycles. The van der Waals surface area contributed by atoms with Crippen LogP contribution in [0.15, 0.2) is 0 Å². The van der Waals surface area contributed by atoms with Crippen molar-refractivity contribution < 1.29 is 24.2 Å². The van der Waals surface area contributed by atoms with Crippen molar-refractivity contribution in [2.75, 3.05) is 26.3 Å². The van der Waals surface area contributed by atoms with E-state index in [0.717, 1.165) is 32.1 Å². The predicted octanol–water partition coefficient (Wildman–Crippen LogP) is 2.13. The van der Waals surface area contributed by atoms with Gasteiger partial charge < -0.3 is 25.4 Å². The Morgan fingerprint density at radius 2 is 1.79 bits per heavy atom. The summed E-state index contributed by atoms with van der Waals surface area (Å²) in [5, 5.41) is 15.4. The van der Waals surface area contributed by atoms with Crippen molar-refractivity contribution in [1.29, 1.82) is 0 Å². The second-order valence-corrected chi connectivity index (χ2v) is 8.02. The van der Waals surface area contributed by atoms with Crippen LogP contribution >= 0.6 is 0 Å². The van der Waals surface area contributed by atoms with Crippen LogP contribution < -0.4 is 10.6 Å². The zero-order valence-corrected chi connectivity index (χ0v) is 17.2. The van der Waals surface area contributed by atoms with E-state index in [4.69, 9.17) is 4.74 Å². The molecule has 0 bridgehead atoms. The van der Waals surface area contributed by atoms with E-state index in [2.05, 4.69) is 10.6 Å². The second kappa shape index (κ2) is 10.6.